The quantitative estimate of drug-likeness (QED) is 0.778. The summed E-state index contributed by atoms with van der Waals surface area (Å²) in [5.74, 6) is 1.52. The highest BCUT2D eigenvalue weighted by molar-refractivity contribution is 5.78. The fraction of sp³-hybridized carbons (Fsp3) is 0.923. The van der Waals surface area contributed by atoms with Crippen LogP contribution in [0.2, 0.25) is 0 Å². The van der Waals surface area contributed by atoms with Gasteiger partial charge in [-0.2, -0.15) is 0 Å². The number of amides is 1. The molecule has 0 aromatic carbocycles. The fourth-order valence-electron chi connectivity index (χ4n) is 3.25. The number of fused-ring (bicyclic) bond motifs is 1. The van der Waals surface area contributed by atoms with Crippen molar-refractivity contribution >= 4 is 5.91 Å². The van der Waals surface area contributed by atoms with E-state index in [2.05, 4.69) is 18.7 Å². The Morgan fingerprint density at radius 1 is 1.29 bits per heavy atom. The molecule has 1 saturated heterocycles. The second-order valence-corrected chi connectivity index (χ2v) is 5.43. The van der Waals surface area contributed by atoms with Gasteiger partial charge in [0, 0.05) is 19.1 Å². The van der Waals surface area contributed by atoms with Gasteiger partial charge in [-0.1, -0.05) is 13.8 Å². The first-order valence-electron chi connectivity index (χ1n) is 6.91. The summed E-state index contributed by atoms with van der Waals surface area (Å²) in [6.45, 7) is 8.51. The van der Waals surface area contributed by atoms with Crippen molar-refractivity contribution in [2.75, 3.05) is 32.7 Å². The monoisotopic (exact) mass is 239 g/mol. The molecular weight excluding hydrogens is 214 g/mol. The van der Waals surface area contributed by atoms with Gasteiger partial charge in [-0.15, -0.1) is 0 Å². The molecule has 3 unspecified atom stereocenters. The summed E-state index contributed by atoms with van der Waals surface area (Å²) < 4.78 is 0. The molecule has 2 fully saturated rings. The molecule has 4 nitrogen and oxygen atoms in total. The van der Waals surface area contributed by atoms with E-state index in [0.29, 0.717) is 24.4 Å². The Kier molecular flexibility index (Phi) is 4.05. The van der Waals surface area contributed by atoms with Gasteiger partial charge in [-0.3, -0.25) is 9.69 Å². The molecule has 0 spiro atoms. The van der Waals surface area contributed by atoms with Crippen LogP contribution < -0.4 is 5.73 Å². The summed E-state index contributed by atoms with van der Waals surface area (Å²) in [5.41, 5.74) is 6.09. The van der Waals surface area contributed by atoms with Gasteiger partial charge in [-0.05, 0) is 37.8 Å². The maximum absolute atomic E-state index is 12.2. The van der Waals surface area contributed by atoms with Crippen molar-refractivity contribution in [1.82, 2.24) is 9.80 Å². The third-order valence-electron chi connectivity index (χ3n) is 4.52. The number of likely N-dealkylation sites (N-methyl/N-ethyl adjacent to an activating group) is 1. The number of hydrogen-bond acceptors (Lipinski definition) is 3. The minimum atomic E-state index is 0.287. The van der Waals surface area contributed by atoms with E-state index in [0.717, 1.165) is 32.6 Å². The number of nitrogens with two attached hydrogens (primary N) is 1. The summed E-state index contributed by atoms with van der Waals surface area (Å²) in [6.07, 6.45) is 2.36. The first-order valence-corrected chi connectivity index (χ1v) is 6.91. The van der Waals surface area contributed by atoms with Crippen molar-refractivity contribution in [2.45, 2.75) is 32.7 Å². The molecule has 0 radical (unpaired) electrons. The Morgan fingerprint density at radius 2 is 2.00 bits per heavy atom. The summed E-state index contributed by atoms with van der Waals surface area (Å²) in [6, 6.07) is 0.325. The number of rotatable bonds is 4. The van der Waals surface area contributed by atoms with Gasteiger partial charge in [0.2, 0.25) is 5.91 Å². The van der Waals surface area contributed by atoms with Crippen LogP contribution in [0.1, 0.15) is 26.7 Å². The zero-order valence-electron chi connectivity index (χ0n) is 11.1. The Labute approximate surface area is 104 Å². The molecule has 2 aliphatic rings. The van der Waals surface area contributed by atoms with Crippen LogP contribution in [0, 0.1) is 11.8 Å². The third kappa shape index (κ3) is 2.63. The van der Waals surface area contributed by atoms with Crippen LogP contribution in [0.4, 0.5) is 0 Å². The van der Waals surface area contributed by atoms with E-state index < -0.39 is 0 Å². The van der Waals surface area contributed by atoms with E-state index in [9.17, 15) is 4.79 Å². The van der Waals surface area contributed by atoms with E-state index in [4.69, 9.17) is 5.73 Å². The molecule has 17 heavy (non-hydrogen) atoms. The van der Waals surface area contributed by atoms with Crippen LogP contribution in [0.15, 0.2) is 0 Å². The Bertz CT molecular complexity index is 278. The first-order chi connectivity index (χ1) is 8.15. The maximum atomic E-state index is 12.2. The van der Waals surface area contributed by atoms with E-state index in [1.54, 1.807) is 0 Å². The number of hydrogen-bond donors (Lipinski definition) is 1. The molecule has 1 saturated carbocycles. The summed E-state index contributed by atoms with van der Waals surface area (Å²) in [4.78, 5) is 16.4. The lowest BCUT2D eigenvalue weighted by Crippen LogP contribution is -2.40. The van der Waals surface area contributed by atoms with Crippen LogP contribution in [0.3, 0.4) is 0 Å². The van der Waals surface area contributed by atoms with Gasteiger partial charge in [0.05, 0.1) is 6.54 Å². The maximum Gasteiger partial charge on any atom is 0.236 e. The molecule has 2 rings (SSSR count). The number of nitrogens with zero attached hydrogens (tertiary/aromatic N) is 2. The Morgan fingerprint density at radius 3 is 2.59 bits per heavy atom. The molecule has 4 heteroatoms. The van der Waals surface area contributed by atoms with Gasteiger partial charge in [0.15, 0.2) is 0 Å². The largest absolute Gasteiger partial charge is 0.341 e. The Hall–Kier alpha value is -0.610. The fourth-order valence-corrected chi connectivity index (χ4v) is 3.25. The molecule has 0 aromatic heterocycles. The van der Waals surface area contributed by atoms with Gasteiger partial charge < -0.3 is 10.6 Å². The van der Waals surface area contributed by atoms with Crippen LogP contribution in [0.25, 0.3) is 0 Å². The highest BCUT2D eigenvalue weighted by Gasteiger charge is 2.42. The molecule has 2 N–H and O–H groups in total. The predicted molar refractivity (Wildman–Crippen MR) is 68.6 cm³/mol. The van der Waals surface area contributed by atoms with Gasteiger partial charge in [-0.25, -0.2) is 0 Å². The lowest BCUT2D eigenvalue weighted by molar-refractivity contribution is -0.131. The summed E-state index contributed by atoms with van der Waals surface area (Å²) >= 11 is 0. The molecule has 1 heterocycles. The van der Waals surface area contributed by atoms with Crippen LogP contribution in [-0.2, 0) is 4.79 Å². The van der Waals surface area contributed by atoms with Crippen LogP contribution >= 0.6 is 0 Å². The zero-order valence-corrected chi connectivity index (χ0v) is 11.1. The van der Waals surface area contributed by atoms with Crippen LogP contribution in [0.5, 0.6) is 0 Å². The van der Waals surface area contributed by atoms with Crippen molar-refractivity contribution in [3.8, 4) is 0 Å². The molecule has 98 valence electrons. The van der Waals surface area contributed by atoms with Gasteiger partial charge in [0.1, 0.15) is 0 Å². The van der Waals surface area contributed by atoms with Gasteiger partial charge >= 0.3 is 0 Å². The average molecular weight is 239 g/mol. The number of carbonyl (C=O) groups excluding carboxylic acids is 1. The minimum absolute atomic E-state index is 0.287. The molecule has 0 bridgehead atoms. The number of likely N-dealkylation sites (tertiary alicyclic amines) is 1. The smallest absolute Gasteiger partial charge is 0.236 e. The van der Waals surface area contributed by atoms with Gasteiger partial charge in [0.25, 0.3) is 0 Å². The predicted octanol–water partition coefficient (Wildman–Crippen LogP) is 0.524. The molecule has 3 atom stereocenters. The molecule has 1 amide bonds. The normalized spacial score (nSPS) is 32.2. The average Bonchev–Trinajstić information content (AvgIpc) is 2.89. The van der Waals surface area contributed by atoms with Crippen molar-refractivity contribution in [3.05, 3.63) is 0 Å². The second kappa shape index (κ2) is 5.36. The van der Waals surface area contributed by atoms with E-state index >= 15 is 0 Å². The van der Waals surface area contributed by atoms with E-state index in [1.807, 2.05) is 4.90 Å². The lowest BCUT2D eigenvalue weighted by Gasteiger charge is -2.23. The summed E-state index contributed by atoms with van der Waals surface area (Å²) in [5, 5.41) is 0. The highest BCUT2D eigenvalue weighted by atomic mass is 16.2. The van der Waals surface area contributed by atoms with Crippen molar-refractivity contribution in [1.29, 1.82) is 0 Å². The third-order valence-corrected chi connectivity index (χ3v) is 4.52. The summed E-state index contributed by atoms with van der Waals surface area (Å²) in [7, 11) is 0. The van der Waals surface area contributed by atoms with E-state index in [1.165, 1.54) is 6.42 Å². The molecular formula is C13H25N3O. The van der Waals surface area contributed by atoms with E-state index in [-0.39, 0.29) is 5.91 Å². The first kappa shape index (κ1) is 12.8. The molecule has 1 aliphatic carbocycles. The standard InChI is InChI=1S/C13H25N3O/c1-3-15(4-2)9-13(17)16-7-10-5-6-12(14)11(10)8-16/h10-12H,3-9,14H2,1-2H3. The Balaban J connectivity index is 1.86. The SMILES string of the molecule is CCN(CC)CC(=O)N1CC2CCC(N)C2C1. The number of carbonyl (C=O) groups is 1. The minimum Gasteiger partial charge on any atom is -0.341 e. The van der Waals surface area contributed by atoms with Crippen molar-refractivity contribution in [3.63, 3.8) is 0 Å². The second-order valence-electron chi connectivity index (χ2n) is 5.43. The lowest BCUT2D eigenvalue weighted by atomic mass is 9.98. The highest BCUT2D eigenvalue weighted by Crippen LogP contribution is 2.37. The zero-order chi connectivity index (χ0) is 12.4. The van der Waals surface area contributed by atoms with Crippen LogP contribution in [-0.4, -0.2) is 54.5 Å². The molecule has 0 aromatic rings. The topological polar surface area (TPSA) is 49.6 Å². The van der Waals surface area contributed by atoms with Crippen molar-refractivity contribution in [2.24, 2.45) is 17.6 Å². The van der Waals surface area contributed by atoms with Crippen molar-refractivity contribution < 1.29 is 4.79 Å². The molecule has 1 aliphatic heterocycles.